The number of benzene rings is 1. The van der Waals surface area contributed by atoms with Crippen LogP contribution < -0.4 is 4.74 Å². The third-order valence-corrected chi connectivity index (χ3v) is 6.46. The Morgan fingerprint density at radius 3 is 2.69 bits per heavy atom. The van der Waals surface area contributed by atoms with Crippen molar-refractivity contribution in [2.75, 3.05) is 26.1 Å². The number of rotatable bonds is 7. The summed E-state index contributed by atoms with van der Waals surface area (Å²) in [6, 6.07) is 16.2. The number of hydrogen-bond donors (Lipinski definition) is 0. The van der Waals surface area contributed by atoms with Crippen LogP contribution in [-0.2, 0) is 9.47 Å². The van der Waals surface area contributed by atoms with E-state index in [-0.39, 0.29) is 6.29 Å². The Morgan fingerprint density at radius 2 is 2.03 bits per heavy atom. The predicted molar refractivity (Wildman–Crippen MR) is 115 cm³/mol. The van der Waals surface area contributed by atoms with Gasteiger partial charge in [-0.05, 0) is 35.2 Å². The van der Waals surface area contributed by atoms with Crippen LogP contribution in [0.4, 0.5) is 0 Å². The van der Waals surface area contributed by atoms with Gasteiger partial charge in [0.25, 0.3) is 0 Å². The molecule has 0 bridgehead atoms. The van der Waals surface area contributed by atoms with Gasteiger partial charge in [-0.2, -0.15) is 5.26 Å². The van der Waals surface area contributed by atoms with Crippen molar-refractivity contribution >= 4 is 23.1 Å². The van der Waals surface area contributed by atoms with Gasteiger partial charge in [-0.25, -0.2) is 4.98 Å². The highest BCUT2D eigenvalue weighted by Crippen LogP contribution is 2.36. The van der Waals surface area contributed by atoms with Gasteiger partial charge in [0.05, 0.1) is 36.5 Å². The molecular weight excluding hydrogens is 404 g/mol. The molecule has 0 unspecified atom stereocenters. The highest BCUT2D eigenvalue weighted by Gasteiger charge is 2.19. The summed E-state index contributed by atoms with van der Waals surface area (Å²) in [5.74, 6) is 1.55. The summed E-state index contributed by atoms with van der Waals surface area (Å²) >= 11 is 3.21. The van der Waals surface area contributed by atoms with Gasteiger partial charge < -0.3 is 14.2 Å². The van der Waals surface area contributed by atoms with Crippen LogP contribution >= 0.6 is 23.1 Å². The highest BCUT2D eigenvalue weighted by molar-refractivity contribution is 7.99. The lowest BCUT2D eigenvalue weighted by Crippen LogP contribution is -2.08. The fourth-order valence-corrected chi connectivity index (χ4v) is 4.76. The number of thioether (sulfide) groups is 1. The molecule has 3 aromatic rings. The van der Waals surface area contributed by atoms with E-state index in [0.717, 1.165) is 44.6 Å². The largest absolute Gasteiger partial charge is 0.497 e. The Morgan fingerprint density at radius 1 is 1.24 bits per heavy atom. The van der Waals surface area contributed by atoms with Crippen LogP contribution in [0, 0.1) is 11.3 Å². The molecule has 0 N–H and O–H groups in total. The maximum Gasteiger partial charge on any atom is 0.158 e. The maximum atomic E-state index is 9.92. The molecule has 2 aromatic heterocycles. The molecule has 7 heteroatoms. The second-order valence-electron chi connectivity index (χ2n) is 6.36. The Hall–Kier alpha value is -2.37. The van der Waals surface area contributed by atoms with Gasteiger partial charge in [0.15, 0.2) is 6.29 Å². The normalized spacial score (nSPS) is 14.1. The molecule has 5 nitrogen and oxygen atoms in total. The zero-order valence-electron chi connectivity index (χ0n) is 16.0. The maximum absolute atomic E-state index is 9.92. The van der Waals surface area contributed by atoms with Crippen LogP contribution in [0.3, 0.4) is 0 Å². The lowest BCUT2D eigenvalue weighted by molar-refractivity contribution is -0.0421. The Bertz CT molecular complexity index is 992. The molecule has 148 valence electrons. The van der Waals surface area contributed by atoms with Gasteiger partial charge in [-0.1, -0.05) is 18.2 Å². The van der Waals surface area contributed by atoms with Crippen LogP contribution in [0.25, 0.3) is 21.7 Å². The minimum Gasteiger partial charge on any atom is -0.497 e. The Balaban J connectivity index is 1.69. The molecule has 4 rings (SSSR count). The number of nitriles is 1. The summed E-state index contributed by atoms with van der Waals surface area (Å²) in [7, 11) is 1.64. The summed E-state index contributed by atoms with van der Waals surface area (Å²) in [6.07, 6.45) is 0.604. The van der Waals surface area contributed by atoms with E-state index in [1.807, 2.05) is 47.8 Å². The zero-order chi connectivity index (χ0) is 20.1. The lowest BCUT2D eigenvalue weighted by Gasteiger charge is -2.13. The van der Waals surface area contributed by atoms with E-state index in [1.165, 1.54) is 0 Å². The average Bonchev–Trinajstić information content (AvgIpc) is 3.47. The molecule has 29 heavy (non-hydrogen) atoms. The van der Waals surface area contributed by atoms with Crippen LogP contribution in [0.15, 0.2) is 52.9 Å². The number of ether oxygens (including phenoxy) is 3. The minimum atomic E-state index is -0.158. The molecule has 1 aromatic carbocycles. The quantitative estimate of drug-likeness (QED) is 0.485. The minimum absolute atomic E-state index is 0.158. The smallest absolute Gasteiger partial charge is 0.158 e. The molecule has 1 aliphatic rings. The van der Waals surface area contributed by atoms with Crippen molar-refractivity contribution in [2.45, 2.75) is 17.7 Å². The Kier molecular flexibility index (Phi) is 6.47. The summed E-state index contributed by atoms with van der Waals surface area (Å²) < 4.78 is 16.3. The fourth-order valence-electron chi connectivity index (χ4n) is 3.11. The standard InChI is InChI=1S/C22H20N2O3S2/c1-25-16-6-4-15(5-7-16)17-13-19(20-3-2-11-28-20)24-22(18(17)14-23)29-12-8-21-26-9-10-27-21/h2-7,11,13,21H,8-10,12H2,1H3. The van der Waals surface area contributed by atoms with Crippen LogP contribution in [-0.4, -0.2) is 37.4 Å². The fraction of sp³-hybridized carbons (Fsp3) is 0.273. The lowest BCUT2D eigenvalue weighted by atomic mass is 10.0. The van der Waals surface area contributed by atoms with Crippen molar-refractivity contribution < 1.29 is 14.2 Å². The topological polar surface area (TPSA) is 64.4 Å². The summed E-state index contributed by atoms with van der Waals surface area (Å²) in [6.45, 7) is 1.29. The van der Waals surface area contributed by atoms with Gasteiger partial charge in [-0.3, -0.25) is 0 Å². The van der Waals surface area contributed by atoms with E-state index in [2.05, 4.69) is 6.07 Å². The summed E-state index contributed by atoms with van der Waals surface area (Å²) in [5.41, 5.74) is 3.31. The van der Waals surface area contributed by atoms with Crippen molar-refractivity contribution in [1.29, 1.82) is 5.26 Å². The predicted octanol–water partition coefficient (Wildman–Crippen LogP) is 5.21. The number of aromatic nitrogens is 1. The number of pyridine rings is 1. The van der Waals surface area contributed by atoms with Crippen molar-refractivity contribution in [3.8, 4) is 33.5 Å². The SMILES string of the molecule is COc1ccc(-c2cc(-c3cccs3)nc(SCCC3OCCO3)c2C#N)cc1. The first-order valence-corrected chi connectivity index (χ1v) is 11.1. The van der Waals surface area contributed by atoms with E-state index in [0.29, 0.717) is 18.8 Å². The highest BCUT2D eigenvalue weighted by atomic mass is 32.2. The summed E-state index contributed by atoms with van der Waals surface area (Å²) in [5, 5.41) is 12.7. The Labute approximate surface area is 178 Å². The molecule has 3 heterocycles. The van der Waals surface area contributed by atoms with E-state index in [1.54, 1.807) is 30.2 Å². The van der Waals surface area contributed by atoms with Crippen LogP contribution in [0.5, 0.6) is 5.75 Å². The first-order valence-electron chi connectivity index (χ1n) is 9.28. The van der Waals surface area contributed by atoms with E-state index < -0.39 is 0 Å². The van der Waals surface area contributed by atoms with Gasteiger partial charge in [0.1, 0.15) is 16.8 Å². The van der Waals surface area contributed by atoms with Crippen molar-refractivity contribution in [3.05, 3.63) is 53.4 Å². The first-order chi connectivity index (χ1) is 14.3. The molecule has 0 saturated carbocycles. The molecule has 0 radical (unpaired) electrons. The zero-order valence-corrected chi connectivity index (χ0v) is 17.6. The van der Waals surface area contributed by atoms with Crippen LogP contribution in [0.2, 0.25) is 0 Å². The van der Waals surface area contributed by atoms with Gasteiger partial charge >= 0.3 is 0 Å². The molecule has 0 aliphatic carbocycles. The average molecular weight is 425 g/mol. The van der Waals surface area contributed by atoms with Gasteiger partial charge in [-0.15, -0.1) is 23.1 Å². The third kappa shape index (κ3) is 4.62. The van der Waals surface area contributed by atoms with E-state index in [9.17, 15) is 5.26 Å². The van der Waals surface area contributed by atoms with Crippen LogP contribution in [0.1, 0.15) is 12.0 Å². The molecule has 1 fully saturated rings. The second-order valence-corrected chi connectivity index (χ2v) is 8.39. The molecular formula is C22H20N2O3S2. The van der Waals surface area contributed by atoms with E-state index >= 15 is 0 Å². The molecule has 0 amide bonds. The van der Waals surface area contributed by atoms with Gasteiger partial charge in [0.2, 0.25) is 0 Å². The second kappa shape index (κ2) is 9.42. The van der Waals surface area contributed by atoms with Crippen molar-refractivity contribution in [1.82, 2.24) is 4.98 Å². The number of hydrogen-bond acceptors (Lipinski definition) is 7. The van der Waals surface area contributed by atoms with Crippen molar-refractivity contribution in [2.24, 2.45) is 0 Å². The third-order valence-electron chi connectivity index (χ3n) is 4.56. The molecule has 1 saturated heterocycles. The number of thiophene rings is 1. The summed E-state index contributed by atoms with van der Waals surface area (Å²) in [4.78, 5) is 5.89. The molecule has 0 atom stereocenters. The van der Waals surface area contributed by atoms with Crippen molar-refractivity contribution in [3.63, 3.8) is 0 Å². The van der Waals surface area contributed by atoms with Gasteiger partial charge in [0, 0.05) is 17.7 Å². The number of methoxy groups -OCH3 is 1. The van der Waals surface area contributed by atoms with E-state index in [4.69, 9.17) is 19.2 Å². The monoisotopic (exact) mass is 424 g/mol. The molecule has 0 spiro atoms. The first kappa shape index (κ1) is 19.9. The number of nitrogens with zero attached hydrogens (tertiary/aromatic N) is 2. The molecule has 1 aliphatic heterocycles.